The van der Waals surface area contributed by atoms with Gasteiger partial charge in [-0.05, 0) is 48.0 Å². The van der Waals surface area contributed by atoms with Gasteiger partial charge in [0, 0.05) is 41.6 Å². The summed E-state index contributed by atoms with van der Waals surface area (Å²) in [6, 6.07) is 9.00. The van der Waals surface area contributed by atoms with E-state index in [9.17, 15) is 34.8 Å². The molecule has 7 rings (SSSR count). The predicted molar refractivity (Wildman–Crippen MR) is 141 cm³/mol. The summed E-state index contributed by atoms with van der Waals surface area (Å²) in [7, 11) is 0. The monoisotopic (exact) mass is 571 g/mol. The van der Waals surface area contributed by atoms with E-state index in [-0.39, 0.29) is 39.6 Å². The van der Waals surface area contributed by atoms with Crippen molar-refractivity contribution in [2.45, 2.75) is 69.2 Å². The Bertz CT molecular complexity index is 1480. The van der Waals surface area contributed by atoms with Gasteiger partial charge in [-0.2, -0.15) is 0 Å². The van der Waals surface area contributed by atoms with Crippen LogP contribution in [0.5, 0.6) is 5.75 Å². The number of hydrogen-bond donors (Lipinski definition) is 4. The summed E-state index contributed by atoms with van der Waals surface area (Å²) < 4.78 is 11.3. The molecule has 4 fully saturated rings. The minimum atomic E-state index is -1.84. The summed E-state index contributed by atoms with van der Waals surface area (Å²) in [6.45, 7) is 2.04. The van der Waals surface area contributed by atoms with Crippen molar-refractivity contribution in [1.29, 1.82) is 0 Å². The molecule has 1 saturated heterocycles. The lowest BCUT2D eigenvalue weighted by molar-refractivity contribution is -0.270. The van der Waals surface area contributed by atoms with Crippen molar-refractivity contribution in [1.82, 2.24) is 0 Å². The molecule has 1 spiro atoms. The summed E-state index contributed by atoms with van der Waals surface area (Å²) in [5.41, 5.74) is 1.21. The molecule has 11 heteroatoms. The van der Waals surface area contributed by atoms with Crippen molar-refractivity contribution in [2.24, 2.45) is 16.2 Å². The number of halogens is 1. The second kappa shape index (κ2) is 8.39. The number of nitrogens with zero attached hydrogens (tertiary/aromatic N) is 1. The first kappa shape index (κ1) is 26.2. The number of benzene rings is 2. The first-order chi connectivity index (χ1) is 19.0. The van der Waals surface area contributed by atoms with Crippen molar-refractivity contribution in [3.63, 3.8) is 0 Å². The summed E-state index contributed by atoms with van der Waals surface area (Å²) >= 11 is 6.39. The number of carbonyl (C=O) groups excluding carboxylic acids is 2. The number of ketones is 1. The van der Waals surface area contributed by atoms with E-state index in [1.807, 2.05) is 12.1 Å². The van der Waals surface area contributed by atoms with Crippen molar-refractivity contribution >= 4 is 45.7 Å². The van der Waals surface area contributed by atoms with Gasteiger partial charge in [-0.1, -0.05) is 24.3 Å². The van der Waals surface area contributed by atoms with Crippen LogP contribution in [0.3, 0.4) is 0 Å². The summed E-state index contributed by atoms with van der Waals surface area (Å²) in [5, 5.41) is 41.7. The molecular weight excluding hydrogens is 542 g/mol. The molecule has 4 N–H and O–H groups in total. The number of carboxylic acid groups (broad SMARTS) is 1. The van der Waals surface area contributed by atoms with Crippen LogP contribution < -0.4 is 9.64 Å². The van der Waals surface area contributed by atoms with E-state index in [1.165, 1.54) is 0 Å². The van der Waals surface area contributed by atoms with E-state index in [0.717, 1.165) is 30.2 Å². The van der Waals surface area contributed by atoms with Crippen molar-refractivity contribution in [3.05, 3.63) is 35.9 Å². The average Bonchev–Trinajstić information content (AvgIpc) is 3.56. The van der Waals surface area contributed by atoms with Gasteiger partial charge in [0.15, 0.2) is 6.10 Å². The van der Waals surface area contributed by atoms with Crippen LogP contribution in [0.2, 0.25) is 0 Å². The van der Waals surface area contributed by atoms with Gasteiger partial charge in [-0.3, -0.25) is 9.59 Å². The van der Waals surface area contributed by atoms with Gasteiger partial charge >= 0.3 is 5.97 Å². The third kappa shape index (κ3) is 3.22. The summed E-state index contributed by atoms with van der Waals surface area (Å²) in [5.74, 6) is -0.946. The minimum Gasteiger partial charge on any atom is -0.479 e. The fourth-order valence-corrected chi connectivity index (χ4v) is 8.53. The highest BCUT2D eigenvalue weighted by molar-refractivity contribution is 6.19. The number of carboxylic acids is 1. The van der Waals surface area contributed by atoms with Crippen LogP contribution in [-0.2, 0) is 19.1 Å². The maximum absolute atomic E-state index is 13.8. The zero-order valence-electron chi connectivity index (χ0n) is 21.7. The van der Waals surface area contributed by atoms with Crippen molar-refractivity contribution in [2.75, 3.05) is 17.3 Å². The third-order valence-electron chi connectivity index (χ3n) is 10.4. The highest BCUT2D eigenvalue weighted by Gasteiger charge is 2.97. The highest BCUT2D eigenvalue weighted by Crippen LogP contribution is 3.01. The lowest BCUT2D eigenvalue weighted by Crippen LogP contribution is -2.61. The van der Waals surface area contributed by atoms with Gasteiger partial charge in [0.25, 0.3) is 0 Å². The standard InChI is InChI=1S/C29H30ClNO9/c1-13(32)28-10-27(11-29(27,28)12-28)7-19(33)31-9-14(8-30)20-16-5-3-2-4-15(16)18(6-17(20)31)39-26-23(36)21(34)22(35)24(40-26)25(37)38/h2-6,14,21-24,26,34-36H,7-12H2,1H3,(H,37,38)/t14?,21-,22?,23?,24-,26+,27?,28?,29?/m0/s1. The molecule has 5 aliphatic rings. The number of ether oxygens (including phenoxy) is 2. The van der Waals surface area contributed by atoms with E-state index in [2.05, 4.69) is 0 Å². The van der Waals surface area contributed by atoms with Crippen LogP contribution in [-0.4, -0.2) is 81.2 Å². The lowest BCUT2D eigenvalue weighted by Gasteiger charge is -2.38. The first-order valence-corrected chi connectivity index (χ1v) is 14.0. The van der Waals surface area contributed by atoms with Crippen LogP contribution in [0, 0.1) is 16.2 Å². The van der Waals surface area contributed by atoms with E-state index >= 15 is 0 Å². The number of aliphatic hydroxyl groups excluding tert-OH is 3. The fourth-order valence-electron chi connectivity index (χ4n) is 8.28. The van der Waals surface area contributed by atoms with Crippen molar-refractivity contribution in [3.8, 4) is 5.75 Å². The lowest BCUT2D eigenvalue weighted by atomic mass is 9.71. The second-order valence-electron chi connectivity index (χ2n) is 12.3. The third-order valence-corrected chi connectivity index (χ3v) is 10.8. The van der Waals surface area contributed by atoms with Crippen LogP contribution in [0.15, 0.2) is 30.3 Å². The molecule has 2 aliphatic heterocycles. The van der Waals surface area contributed by atoms with E-state index in [1.54, 1.807) is 30.0 Å². The second-order valence-corrected chi connectivity index (χ2v) is 12.6. The number of carbonyl (C=O) groups is 3. The number of aliphatic hydroxyl groups is 3. The molecule has 212 valence electrons. The Kier molecular flexibility index (Phi) is 5.49. The normalized spacial score (nSPS) is 40.5. The number of alkyl halides is 1. The van der Waals surface area contributed by atoms with E-state index in [0.29, 0.717) is 29.9 Å². The fraction of sp³-hybridized carbons (Fsp3) is 0.552. The summed E-state index contributed by atoms with van der Waals surface area (Å²) in [6.07, 6.45) is -5.86. The Morgan fingerprint density at radius 1 is 1.07 bits per heavy atom. The van der Waals surface area contributed by atoms with Gasteiger partial charge in [-0.25, -0.2) is 4.79 Å². The molecule has 0 aromatic heterocycles. The van der Waals surface area contributed by atoms with Gasteiger partial charge in [0.05, 0.1) is 5.69 Å². The number of hydrogen-bond acceptors (Lipinski definition) is 8. The topological polar surface area (TPSA) is 154 Å². The molecule has 1 amide bonds. The first-order valence-electron chi connectivity index (χ1n) is 13.5. The number of Topliss-reactive ketones (excluding diaryl/α,β-unsaturated/α-hetero) is 1. The molecule has 0 radical (unpaired) electrons. The molecule has 10 nitrogen and oxygen atoms in total. The van der Waals surface area contributed by atoms with E-state index < -0.39 is 36.7 Å². The van der Waals surface area contributed by atoms with Crippen LogP contribution in [0.1, 0.15) is 44.1 Å². The quantitative estimate of drug-likeness (QED) is 0.365. The smallest absolute Gasteiger partial charge is 0.335 e. The molecule has 0 bridgehead atoms. The Morgan fingerprint density at radius 3 is 2.42 bits per heavy atom. The maximum atomic E-state index is 13.8. The number of rotatable bonds is 7. The van der Waals surface area contributed by atoms with Gasteiger partial charge < -0.3 is 34.8 Å². The van der Waals surface area contributed by atoms with Crippen LogP contribution in [0.4, 0.5) is 5.69 Å². The molecule has 2 aromatic carbocycles. The Morgan fingerprint density at radius 2 is 1.80 bits per heavy atom. The minimum absolute atomic E-state index is 0.00807. The van der Waals surface area contributed by atoms with Gasteiger partial charge in [0.2, 0.25) is 12.2 Å². The average molecular weight is 572 g/mol. The largest absolute Gasteiger partial charge is 0.479 e. The van der Waals surface area contributed by atoms with Gasteiger partial charge in [0.1, 0.15) is 29.8 Å². The Balaban J connectivity index is 1.22. The molecule has 40 heavy (non-hydrogen) atoms. The maximum Gasteiger partial charge on any atom is 0.335 e. The molecule has 3 saturated carbocycles. The SMILES string of the molecule is CC(=O)C12CC3(CC(=O)N4CC(CCl)c5c4cc(O[C@@H]4O[C@H](C(=O)O)C(O)[C@H](O)C4O)c4ccccc54)CC31C2. The number of anilines is 1. The van der Waals surface area contributed by atoms with Gasteiger partial charge in [-0.15, -0.1) is 11.6 Å². The zero-order valence-corrected chi connectivity index (χ0v) is 22.5. The van der Waals surface area contributed by atoms with Crippen LogP contribution in [0.25, 0.3) is 10.8 Å². The molecular formula is C29H30ClNO9. The number of aliphatic carboxylic acids is 1. The Hall–Kier alpha value is -2.76. The number of fused-ring (bicyclic) bond motifs is 3. The zero-order chi connectivity index (χ0) is 28.4. The summed E-state index contributed by atoms with van der Waals surface area (Å²) in [4.78, 5) is 39.3. The van der Waals surface area contributed by atoms with Crippen LogP contribution >= 0.6 is 11.6 Å². The highest BCUT2D eigenvalue weighted by atomic mass is 35.5. The molecule has 3 aliphatic carbocycles. The Labute approximate surface area is 234 Å². The van der Waals surface area contributed by atoms with Crippen molar-refractivity contribution < 1.29 is 44.3 Å². The molecule has 6 unspecified atom stereocenters. The molecule has 2 aromatic rings. The molecule has 9 atom stereocenters. The van der Waals surface area contributed by atoms with E-state index in [4.69, 9.17) is 21.1 Å². The predicted octanol–water partition coefficient (Wildman–Crippen LogP) is 1.93. The number of amides is 1. The molecule has 2 heterocycles.